The second-order valence-corrected chi connectivity index (χ2v) is 6.11. The van der Waals surface area contributed by atoms with Gasteiger partial charge in [-0.1, -0.05) is 0 Å². The molecule has 134 valence electrons. The molecule has 1 aliphatic heterocycles. The molecule has 0 radical (unpaired) electrons. The van der Waals surface area contributed by atoms with E-state index in [0.717, 1.165) is 24.7 Å². The molecule has 26 heavy (non-hydrogen) atoms. The van der Waals surface area contributed by atoms with Crippen LogP contribution in [0.3, 0.4) is 0 Å². The van der Waals surface area contributed by atoms with Crippen molar-refractivity contribution >= 4 is 11.6 Å². The minimum Gasteiger partial charge on any atom is -0.368 e. The Labute approximate surface area is 150 Å². The fourth-order valence-corrected chi connectivity index (χ4v) is 2.98. The maximum absolute atomic E-state index is 12.0. The SMILES string of the molecule is O=c1ccc(-n2ccnc2)nn1CCNc1cc(N2CCCC2)ncn1. The third-order valence-corrected chi connectivity index (χ3v) is 4.33. The van der Waals surface area contributed by atoms with E-state index >= 15 is 0 Å². The van der Waals surface area contributed by atoms with Gasteiger partial charge >= 0.3 is 0 Å². The van der Waals surface area contributed by atoms with Crippen LogP contribution in [0.5, 0.6) is 0 Å². The molecule has 4 rings (SSSR count). The molecule has 0 aromatic carbocycles. The van der Waals surface area contributed by atoms with Crippen molar-refractivity contribution in [3.63, 3.8) is 0 Å². The smallest absolute Gasteiger partial charge is 0.266 e. The molecule has 0 saturated carbocycles. The third-order valence-electron chi connectivity index (χ3n) is 4.33. The van der Waals surface area contributed by atoms with Gasteiger partial charge in [-0.3, -0.25) is 9.36 Å². The van der Waals surface area contributed by atoms with Gasteiger partial charge in [0.25, 0.3) is 5.56 Å². The first-order chi connectivity index (χ1) is 12.8. The standard InChI is InChI=1S/C17H20N8O/c26-17-4-3-15(24-9-5-18-13-24)22-25(17)10-6-19-14-11-16(21-12-20-14)23-7-1-2-8-23/h3-5,9,11-13H,1-2,6-8,10H2,(H,19,20,21). The monoisotopic (exact) mass is 352 g/mol. The summed E-state index contributed by atoms with van der Waals surface area (Å²) < 4.78 is 3.20. The number of hydrogen-bond donors (Lipinski definition) is 1. The Morgan fingerprint density at radius 2 is 2.00 bits per heavy atom. The van der Waals surface area contributed by atoms with Crippen molar-refractivity contribution in [3.8, 4) is 5.82 Å². The highest BCUT2D eigenvalue weighted by molar-refractivity contribution is 5.48. The fourth-order valence-electron chi connectivity index (χ4n) is 2.98. The summed E-state index contributed by atoms with van der Waals surface area (Å²) in [7, 11) is 0. The van der Waals surface area contributed by atoms with Crippen molar-refractivity contribution in [1.29, 1.82) is 0 Å². The average Bonchev–Trinajstić information content (AvgIpc) is 3.38. The summed E-state index contributed by atoms with van der Waals surface area (Å²) in [5.74, 6) is 2.35. The summed E-state index contributed by atoms with van der Waals surface area (Å²) >= 11 is 0. The highest BCUT2D eigenvalue weighted by Gasteiger charge is 2.13. The number of aromatic nitrogens is 6. The van der Waals surface area contributed by atoms with Crippen molar-refractivity contribution in [3.05, 3.63) is 53.6 Å². The van der Waals surface area contributed by atoms with Crippen LogP contribution in [0.15, 0.2) is 48.0 Å². The Balaban J connectivity index is 1.41. The zero-order valence-corrected chi connectivity index (χ0v) is 14.3. The zero-order valence-electron chi connectivity index (χ0n) is 14.3. The van der Waals surface area contributed by atoms with E-state index in [0.29, 0.717) is 18.9 Å². The summed E-state index contributed by atoms with van der Waals surface area (Å²) in [5, 5.41) is 7.61. The van der Waals surface area contributed by atoms with Crippen molar-refractivity contribution in [2.75, 3.05) is 29.9 Å². The van der Waals surface area contributed by atoms with E-state index in [9.17, 15) is 4.79 Å². The molecule has 3 aromatic heterocycles. The molecule has 0 amide bonds. The van der Waals surface area contributed by atoms with E-state index < -0.39 is 0 Å². The van der Waals surface area contributed by atoms with E-state index in [1.165, 1.54) is 23.6 Å². The predicted molar refractivity (Wildman–Crippen MR) is 97.6 cm³/mol. The highest BCUT2D eigenvalue weighted by atomic mass is 16.1. The molecule has 0 atom stereocenters. The zero-order chi connectivity index (χ0) is 17.8. The number of imidazole rings is 1. The molecule has 0 spiro atoms. The van der Waals surface area contributed by atoms with Crippen LogP contribution in [0.2, 0.25) is 0 Å². The molecule has 0 bridgehead atoms. The molecule has 9 heteroatoms. The topological polar surface area (TPSA) is 93.8 Å². The molecule has 1 saturated heterocycles. The number of anilines is 2. The lowest BCUT2D eigenvalue weighted by Gasteiger charge is -2.16. The van der Waals surface area contributed by atoms with Gasteiger partial charge in [0.1, 0.15) is 24.3 Å². The number of rotatable bonds is 6. The lowest BCUT2D eigenvalue weighted by Crippen LogP contribution is -2.26. The van der Waals surface area contributed by atoms with Gasteiger partial charge in [-0.2, -0.15) is 5.10 Å². The quantitative estimate of drug-likeness (QED) is 0.705. The third kappa shape index (κ3) is 3.56. The van der Waals surface area contributed by atoms with Crippen LogP contribution in [-0.4, -0.2) is 48.9 Å². The first-order valence-electron chi connectivity index (χ1n) is 8.67. The van der Waals surface area contributed by atoms with E-state index in [2.05, 4.69) is 30.3 Å². The second kappa shape index (κ2) is 7.34. The Hall–Kier alpha value is -3.23. The number of hydrogen-bond acceptors (Lipinski definition) is 7. The first kappa shape index (κ1) is 16.2. The Kier molecular flexibility index (Phi) is 4.59. The van der Waals surface area contributed by atoms with Gasteiger partial charge in [-0.15, -0.1) is 0 Å². The first-order valence-corrected chi connectivity index (χ1v) is 8.67. The van der Waals surface area contributed by atoms with Crippen LogP contribution < -0.4 is 15.8 Å². The van der Waals surface area contributed by atoms with Crippen LogP contribution in [0, 0.1) is 0 Å². The number of nitrogens with one attached hydrogen (secondary N) is 1. The molecule has 0 aliphatic carbocycles. The van der Waals surface area contributed by atoms with Crippen molar-refractivity contribution in [2.24, 2.45) is 0 Å². The summed E-state index contributed by atoms with van der Waals surface area (Å²) in [4.78, 5) is 26.9. The largest absolute Gasteiger partial charge is 0.368 e. The molecule has 1 aliphatic rings. The summed E-state index contributed by atoms with van der Waals surface area (Å²) in [6.07, 6.45) is 9.08. The van der Waals surface area contributed by atoms with Crippen LogP contribution >= 0.6 is 0 Å². The van der Waals surface area contributed by atoms with Crippen LogP contribution in [0.4, 0.5) is 11.6 Å². The van der Waals surface area contributed by atoms with Crippen LogP contribution in [-0.2, 0) is 6.54 Å². The molecule has 9 nitrogen and oxygen atoms in total. The Bertz CT molecular complexity index is 915. The van der Waals surface area contributed by atoms with Gasteiger partial charge in [-0.05, 0) is 18.9 Å². The van der Waals surface area contributed by atoms with E-state index in [1.807, 2.05) is 6.07 Å². The van der Waals surface area contributed by atoms with Crippen LogP contribution in [0.25, 0.3) is 5.82 Å². The van der Waals surface area contributed by atoms with Crippen LogP contribution in [0.1, 0.15) is 12.8 Å². The Morgan fingerprint density at radius 1 is 1.12 bits per heavy atom. The number of nitrogens with zero attached hydrogens (tertiary/aromatic N) is 7. The summed E-state index contributed by atoms with van der Waals surface area (Å²) in [6, 6.07) is 5.14. The van der Waals surface area contributed by atoms with E-state index in [1.54, 1.807) is 35.7 Å². The van der Waals surface area contributed by atoms with E-state index in [-0.39, 0.29) is 5.56 Å². The molecule has 1 N–H and O–H groups in total. The maximum Gasteiger partial charge on any atom is 0.266 e. The minimum atomic E-state index is -0.142. The molecule has 0 unspecified atom stereocenters. The molecule has 3 aromatic rings. The second-order valence-electron chi connectivity index (χ2n) is 6.11. The normalized spacial score (nSPS) is 13.9. The van der Waals surface area contributed by atoms with Crippen molar-refractivity contribution < 1.29 is 0 Å². The predicted octanol–water partition coefficient (Wildman–Crippen LogP) is 0.931. The molecule has 1 fully saturated rings. The summed E-state index contributed by atoms with van der Waals surface area (Å²) in [5.41, 5.74) is -0.142. The molecule has 4 heterocycles. The fraction of sp³-hybridized carbons (Fsp3) is 0.353. The van der Waals surface area contributed by atoms with Gasteiger partial charge in [-0.25, -0.2) is 19.6 Å². The van der Waals surface area contributed by atoms with Crippen molar-refractivity contribution in [1.82, 2.24) is 29.3 Å². The Morgan fingerprint density at radius 3 is 2.81 bits per heavy atom. The highest BCUT2D eigenvalue weighted by Crippen LogP contribution is 2.19. The van der Waals surface area contributed by atoms with Crippen molar-refractivity contribution in [2.45, 2.75) is 19.4 Å². The lowest BCUT2D eigenvalue weighted by molar-refractivity contribution is 0.589. The van der Waals surface area contributed by atoms with Gasteiger partial charge in [0, 0.05) is 44.2 Å². The molecular weight excluding hydrogens is 332 g/mol. The minimum absolute atomic E-state index is 0.142. The lowest BCUT2D eigenvalue weighted by atomic mass is 10.4. The van der Waals surface area contributed by atoms with Gasteiger partial charge < -0.3 is 10.2 Å². The van der Waals surface area contributed by atoms with Gasteiger partial charge in [0.05, 0.1) is 6.54 Å². The summed E-state index contributed by atoms with van der Waals surface area (Å²) in [6.45, 7) is 3.05. The molecular formula is C17H20N8O. The maximum atomic E-state index is 12.0. The van der Waals surface area contributed by atoms with E-state index in [4.69, 9.17) is 0 Å². The average molecular weight is 352 g/mol. The van der Waals surface area contributed by atoms with Gasteiger partial charge in [0.2, 0.25) is 0 Å². The van der Waals surface area contributed by atoms with Gasteiger partial charge in [0.15, 0.2) is 5.82 Å².